The van der Waals surface area contributed by atoms with E-state index in [1.54, 1.807) is 6.26 Å². The molecule has 3 rings (SSSR count). The number of aromatic nitrogens is 1. The zero-order valence-electron chi connectivity index (χ0n) is 18.2. The van der Waals surface area contributed by atoms with Crippen LogP contribution in [0.5, 0.6) is 5.75 Å². The molecule has 0 atom stereocenters. The van der Waals surface area contributed by atoms with Gasteiger partial charge in [0.25, 0.3) is 0 Å². The van der Waals surface area contributed by atoms with Gasteiger partial charge in [-0.2, -0.15) is 0 Å². The lowest BCUT2D eigenvalue weighted by Crippen LogP contribution is -2.52. The summed E-state index contributed by atoms with van der Waals surface area (Å²) in [5.41, 5.74) is 2.14. The van der Waals surface area contributed by atoms with Crippen LogP contribution in [0.2, 0.25) is 0 Å². The first-order valence-electron chi connectivity index (χ1n) is 10.5. The van der Waals surface area contributed by atoms with Gasteiger partial charge in [0.15, 0.2) is 5.96 Å². The van der Waals surface area contributed by atoms with Crippen molar-refractivity contribution in [1.82, 2.24) is 20.3 Å². The van der Waals surface area contributed by atoms with E-state index in [4.69, 9.17) is 14.3 Å². The van der Waals surface area contributed by atoms with E-state index < -0.39 is 0 Å². The molecule has 0 aliphatic carbocycles. The first-order valence-corrected chi connectivity index (χ1v) is 10.5. The first-order chi connectivity index (χ1) is 14.1. The number of rotatable bonds is 8. The van der Waals surface area contributed by atoms with Crippen LogP contribution in [0.3, 0.4) is 0 Å². The lowest BCUT2D eigenvalue weighted by Gasteiger charge is -2.36. The highest BCUT2D eigenvalue weighted by molar-refractivity contribution is 14.0. The van der Waals surface area contributed by atoms with E-state index in [1.165, 1.54) is 0 Å². The van der Waals surface area contributed by atoms with Gasteiger partial charge in [-0.3, -0.25) is 4.90 Å². The minimum atomic E-state index is 0. The summed E-state index contributed by atoms with van der Waals surface area (Å²) in [5, 5.41) is 7.45. The SMILES string of the molecule is CCNC(=NCc1cccc(OCC(C)C)c1)N1CCN(Cc2ccon2)CC1.I. The molecule has 166 valence electrons. The second-order valence-electron chi connectivity index (χ2n) is 7.78. The highest BCUT2D eigenvalue weighted by atomic mass is 127. The summed E-state index contributed by atoms with van der Waals surface area (Å²) in [6, 6.07) is 10.2. The average Bonchev–Trinajstić information content (AvgIpc) is 3.24. The average molecular weight is 527 g/mol. The molecule has 1 aromatic carbocycles. The minimum Gasteiger partial charge on any atom is -0.493 e. The number of benzene rings is 1. The molecule has 1 aliphatic rings. The Morgan fingerprint density at radius 1 is 1.23 bits per heavy atom. The molecule has 30 heavy (non-hydrogen) atoms. The number of aliphatic imine (C=N–C) groups is 1. The Bertz CT molecular complexity index is 759. The molecule has 0 saturated carbocycles. The maximum atomic E-state index is 5.84. The summed E-state index contributed by atoms with van der Waals surface area (Å²) < 4.78 is 10.8. The van der Waals surface area contributed by atoms with Gasteiger partial charge < -0.3 is 19.5 Å². The van der Waals surface area contributed by atoms with Crippen molar-refractivity contribution in [2.24, 2.45) is 10.9 Å². The molecule has 0 radical (unpaired) electrons. The van der Waals surface area contributed by atoms with Crippen molar-refractivity contribution >= 4 is 29.9 Å². The Morgan fingerprint density at radius 2 is 2.03 bits per heavy atom. The largest absolute Gasteiger partial charge is 0.493 e. The fourth-order valence-corrected chi connectivity index (χ4v) is 3.25. The predicted molar refractivity (Wildman–Crippen MR) is 130 cm³/mol. The van der Waals surface area contributed by atoms with Gasteiger partial charge >= 0.3 is 0 Å². The molecule has 0 bridgehead atoms. The molecule has 1 N–H and O–H groups in total. The smallest absolute Gasteiger partial charge is 0.194 e. The third kappa shape index (κ3) is 7.79. The number of halogens is 1. The van der Waals surface area contributed by atoms with E-state index in [-0.39, 0.29) is 24.0 Å². The van der Waals surface area contributed by atoms with E-state index in [1.807, 2.05) is 18.2 Å². The Balaban J connectivity index is 0.00000320. The van der Waals surface area contributed by atoms with Crippen molar-refractivity contribution in [3.05, 3.63) is 47.9 Å². The first kappa shape index (κ1) is 24.5. The second kappa shape index (κ2) is 12.8. The predicted octanol–water partition coefficient (Wildman–Crippen LogP) is 3.61. The Labute approximate surface area is 196 Å². The highest BCUT2D eigenvalue weighted by Crippen LogP contribution is 2.15. The Morgan fingerprint density at radius 3 is 2.70 bits per heavy atom. The quantitative estimate of drug-likeness (QED) is 0.322. The van der Waals surface area contributed by atoms with Gasteiger partial charge in [-0.15, -0.1) is 24.0 Å². The lowest BCUT2D eigenvalue weighted by atomic mass is 10.2. The third-order valence-corrected chi connectivity index (χ3v) is 4.78. The number of hydrogen-bond donors (Lipinski definition) is 1. The molecule has 0 unspecified atom stereocenters. The highest BCUT2D eigenvalue weighted by Gasteiger charge is 2.20. The Kier molecular flexibility index (Phi) is 10.4. The fraction of sp³-hybridized carbons (Fsp3) is 0.545. The molecule has 1 aromatic heterocycles. The van der Waals surface area contributed by atoms with Crippen LogP contribution in [0.4, 0.5) is 0 Å². The van der Waals surface area contributed by atoms with Crippen molar-refractivity contribution in [3.8, 4) is 5.75 Å². The van der Waals surface area contributed by atoms with Crippen LogP contribution < -0.4 is 10.1 Å². The van der Waals surface area contributed by atoms with Gasteiger partial charge in [0.05, 0.1) is 18.8 Å². The topological polar surface area (TPSA) is 66.1 Å². The minimum absolute atomic E-state index is 0. The zero-order valence-corrected chi connectivity index (χ0v) is 20.5. The van der Waals surface area contributed by atoms with Crippen LogP contribution in [0.15, 0.2) is 46.1 Å². The molecular formula is C22H34IN5O2. The van der Waals surface area contributed by atoms with Crippen LogP contribution in [0, 0.1) is 5.92 Å². The van der Waals surface area contributed by atoms with Gasteiger partial charge in [-0.25, -0.2) is 4.99 Å². The van der Waals surface area contributed by atoms with Crippen LogP contribution >= 0.6 is 24.0 Å². The van der Waals surface area contributed by atoms with Crippen molar-refractivity contribution < 1.29 is 9.26 Å². The molecule has 0 amide bonds. The van der Waals surface area contributed by atoms with Crippen LogP contribution in [-0.4, -0.2) is 60.2 Å². The lowest BCUT2D eigenvalue weighted by molar-refractivity contribution is 0.169. The van der Waals surface area contributed by atoms with Gasteiger partial charge in [-0.05, 0) is 30.5 Å². The second-order valence-corrected chi connectivity index (χ2v) is 7.78. The van der Waals surface area contributed by atoms with Gasteiger partial charge in [0.1, 0.15) is 12.0 Å². The van der Waals surface area contributed by atoms with Gasteiger partial charge in [0, 0.05) is 45.3 Å². The summed E-state index contributed by atoms with van der Waals surface area (Å²) in [6.45, 7) is 13.3. The summed E-state index contributed by atoms with van der Waals surface area (Å²) in [6.07, 6.45) is 1.63. The monoisotopic (exact) mass is 527 g/mol. The van der Waals surface area contributed by atoms with Crippen molar-refractivity contribution in [2.45, 2.75) is 33.9 Å². The standard InChI is InChI=1S/C22H33N5O2.HI/c1-4-23-22(24-15-19-6-5-7-21(14-19)28-17-18(2)3)27-11-9-26(10-12-27)16-20-8-13-29-25-20;/h5-8,13-14,18H,4,9-12,15-17H2,1-3H3,(H,23,24);1H. The summed E-state index contributed by atoms with van der Waals surface area (Å²) in [4.78, 5) is 9.61. The summed E-state index contributed by atoms with van der Waals surface area (Å²) in [5.74, 6) is 2.40. The molecule has 0 spiro atoms. The van der Waals surface area contributed by atoms with E-state index in [2.05, 4.69) is 53.2 Å². The molecule has 2 heterocycles. The summed E-state index contributed by atoms with van der Waals surface area (Å²) >= 11 is 0. The number of guanidine groups is 1. The van der Waals surface area contributed by atoms with E-state index in [0.717, 1.165) is 68.8 Å². The molecule has 1 saturated heterocycles. The maximum Gasteiger partial charge on any atom is 0.194 e. The van der Waals surface area contributed by atoms with Gasteiger partial charge in [-0.1, -0.05) is 31.1 Å². The zero-order chi connectivity index (χ0) is 20.5. The molecule has 7 nitrogen and oxygen atoms in total. The molecule has 8 heteroatoms. The van der Waals surface area contributed by atoms with Crippen molar-refractivity contribution in [1.29, 1.82) is 0 Å². The van der Waals surface area contributed by atoms with Crippen LogP contribution in [0.25, 0.3) is 0 Å². The fourth-order valence-electron chi connectivity index (χ4n) is 3.25. The maximum absolute atomic E-state index is 5.84. The van der Waals surface area contributed by atoms with E-state index in [9.17, 15) is 0 Å². The van der Waals surface area contributed by atoms with Crippen LogP contribution in [0.1, 0.15) is 32.0 Å². The Hall–Kier alpha value is -1.81. The molecule has 1 fully saturated rings. The van der Waals surface area contributed by atoms with E-state index >= 15 is 0 Å². The summed E-state index contributed by atoms with van der Waals surface area (Å²) in [7, 11) is 0. The van der Waals surface area contributed by atoms with Crippen molar-refractivity contribution in [3.63, 3.8) is 0 Å². The molecule has 2 aromatic rings. The normalized spacial score (nSPS) is 15.2. The van der Waals surface area contributed by atoms with Crippen molar-refractivity contribution in [2.75, 3.05) is 39.3 Å². The number of nitrogens with zero attached hydrogens (tertiary/aromatic N) is 4. The number of ether oxygens (including phenoxy) is 1. The van der Waals surface area contributed by atoms with Crippen LogP contribution in [-0.2, 0) is 13.1 Å². The third-order valence-electron chi connectivity index (χ3n) is 4.78. The number of nitrogens with one attached hydrogen (secondary N) is 1. The molecule has 1 aliphatic heterocycles. The number of piperazine rings is 1. The van der Waals surface area contributed by atoms with Gasteiger partial charge in [0.2, 0.25) is 0 Å². The number of hydrogen-bond acceptors (Lipinski definition) is 5. The molecular weight excluding hydrogens is 493 g/mol. The van der Waals surface area contributed by atoms with E-state index in [0.29, 0.717) is 12.5 Å².